The molecule has 0 N–H and O–H groups in total. The summed E-state index contributed by atoms with van der Waals surface area (Å²) in [7, 11) is 0. The van der Waals surface area contributed by atoms with Crippen LogP contribution in [-0.2, 0) is 0 Å². The topological polar surface area (TPSA) is 30.2 Å². The van der Waals surface area contributed by atoms with Gasteiger partial charge in [0.25, 0.3) is 0 Å². The van der Waals surface area contributed by atoms with Crippen LogP contribution in [0.4, 0.5) is 0 Å². The van der Waals surface area contributed by atoms with Crippen molar-refractivity contribution in [1.82, 2.24) is 0 Å². The predicted molar refractivity (Wildman–Crippen MR) is 80.4 cm³/mol. The molecule has 1 aromatic heterocycles. The zero-order valence-electron chi connectivity index (χ0n) is 10.3. The Bertz CT molecular complexity index is 804. The minimum atomic E-state index is 0.00579. The SMILES string of the molecule is Cc1oc2ccc(Br)cc2c(=O)c1-c1ccccc1. The summed E-state index contributed by atoms with van der Waals surface area (Å²) in [6.45, 7) is 1.82. The molecule has 0 unspecified atom stereocenters. The zero-order valence-corrected chi connectivity index (χ0v) is 11.9. The van der Waals surface area contributed by atoms with Crippen molar-refractivity contribution >= 4 is 26.9 Å². The lowest BCUT2D eigenvalue weighted by Crippen LogP contribution is -2.07. The first-order valence-electron chi connectivity index (χ1n) is 5.95. The van der Waals surface area contributed by atoms with Crippen molar-refractivity contribution in [3.8, 4) is 11.1 Å². The zero-order chi connectivity index (χ0) is 13.4. The van der Waals surface area contributed by atoms with E-state index in [-0.39, 0.29) is 5.43 Å². The molecule has 0 atom stereocenters. The molecule has 0 bridgehead atoms. The molecule has 19 heavy (non-hydrogen) atoms. The standard InChI is InChI=1S/C16H11BrO2/c1-10-15(11-5-3-2-4-6-11)16(18)13-9-12(17)7-8-14(13)19-10/h2-9H,1H3. The summed E-state index contributed by atoms with van der Waals surface area (Å²) >= 11 is 3.39. The van der Waals surface area contributed by atoms with E-state index in [1.54, 1.807) is 6.07 Å². The number of halogens is 1. The van der Waals surface area contributed by atoms with Crippen LogP contribution >= 0.6 is 15.9 Å². The molecule has 94 valence electrons. The maximum absolute atomic E-state index is 12.6. The Morgan fingerprint density at radius 1 is 1.05 bits per heavy atom. The lowest BCUT2D eigenvalue weighted by atomic mass is 10.0. The van der Waals surface area contributed by atoms with Gasteiger partial charge in [0.15, 0.2) is 0 Å². The van der Waals surface area contributed by atoms with Crippen LogP contribution in [0.3, 0.4) is 0 Å². The highest BCUT2D eigenvalue weighted by Crippen LogP contribution is 2.25. The number of rotatable bonds is 1. The van der Waals surface area contributed by atoms with Gasteiger partial charge in [0, 0.05) is 4.47 Å². The third-order valence-electron chi connectivity index (χ3n) is 3.09. The van der Waals surface area contributed by atoms with Gasteiger partial charge >= 0.3 is 0 Å². The van der Waals surface area contributed by atoms with E-state index < -0.39 is 0 Å². The summed E-state index contributed by atoms with van der Waals surface area (Å²) in [5.74, 6) is 0.644. The molecular weight excluding hydrogens is 304 g/mol. The number of fused-ring (bicyclic) bond motifs is 1. The molecule has 3 aromatic rings. The fourth-order valence-electron chi connectivity index (χ4n) is 2.22. The summed E-state index contributed by atoms with van der Waals surface area (Å²) in [4.78, 5) is 12.6. The summed E-state index contributed by atoms with van der Waals surface area (Å²) < 4.78 is 6.63. The molecule has 2 aromatic carbocycles. The van der Waals surface area contributed by atoms with Crippen LogP contribution in [-0.4, -0.2) is 0 Å². The summed E-state index contributed by atoms with van der Waals surface area (Å²) in [6.07, 6.45) is 0. The van der Waals surface area contributed by atoms with Gasteiger partial charge in [0.1, 0.15) is 11.3 Å². The summed E-state index contributed by atoms with van der Waals surface area (Å²) in [5, 5.41) is 0.596. The molecule has 0 aliphatic carbocycles. The van der Waals surface area contributed by atoms with Crippen molar-refractivity contribution in [2.45, 2.75) is 6.92 Å². The van der Waals surface area contributed by atoms with Gasteiger partial charge in [-0.3, -0.25) is 4.79 Å². The smallest absolute Gasteiger partial charge is 0.200 e. The molecule has 0 fully saturated rings. The highest BCUT2D eigenvalue weighted by Gasteiger charge is 2.13. The Morgan fingerprint density at radius 3 is 2.53 bits per heavy atom. The molecular formula is C16H11BrO2. The van der Waals surface area contributed by atoms with Crippen LogP contribution in [0.2, 0.25) is 0 Å². The first kappa shape index (κ1) is 12.2. The monoisotopic (exact) mass is 314 g/mol. The van der Waals surface area contributed by atoms with E-state index in [2.05, 4.69) is 15.9 Å². The Kier molecular flexibility index (Phi) is 2.99. The molecule has 0 aliphatic rings. The van der Waals surface area contributed by atoms with Gasteiger partial charge in [-0.25, -0.2) is 0 Å². The third kappa shape index (κ3) is 2.10. The first-order chi connectivity index (χ1) is 9.16. The molecule has 0 saturated heterocycles. The van der Waals surface area contributed by atoms with Crippen molar-refractivity contribution in [3.63, 3.8) is 0 Å². The van der Waals surface area contributed by atoms with E-state index in [1.165, 1.54) is 0 Å². The van der Waals surface area contributed by atoms with E-state index in [1.807, 2.05) is 49.4 Å². The van der Waals surface area contributed by atoms with Crippen LogP contribution in [0, 0.1) is 6.92 Å². The number of benzene rings is 2. The lowest BCUT2D eigenvalue weighted by Gasteiger charge is -2.07. The molecule has 0 radical (unpaired) electrons. The van der Waals surface area contributed by atoms with Crippen molar-refractivity contribution < 1.29 is 4.42 Å². The van der Waals surface area contributed by atoms with Crippen LogP contribution in [0.15, 0.2) is 62.2 Å². The van der Waals surface area contributed by atoms with Crippen molar-refractivity contribution in [2.75, 3.05) is 0 Å². The highest BCUT2D eigenvalue weighted by atomic mass is 79.9. The Hall–Kier alpha value is -1.87. The molecule has 3 rings (SSSR count). The fraction of sp³-hybridized carbons (Fsp3) is 0.0625. The Morgan fingerprint density at radius 2 is 1.79 bits per heavy atom. The number of hydrogen-bond donors (Lipinski definition) is 0. The van der Waals surface area contributed by atoms with Crippen molar-refractivity contribution in [1.29, 1.82) is 0 Å². The van der Waals surface area contributed by atoms with Crippen LogP contribution in [0.25, 0.3) is 22.1 Å². The average molecular weight is 315 g/mol. The Labute approximate surface area is 118 Å². The van der Waals surface area contributed by atoms with Gasteiger partial charge in [-0.15, -0.1) is 0 Å². The molecule has 3 heteroatoms. The van der Waals surface area contributed by atoms with Gasteiger partial charge in [-0.2, -0.15) is 0 Å². The second-order valence-corrected chi connectivity index (χ2v) is 5.28. The summed E-state index contributed by atoms with van der Waals surface area (Å²) in [6, 6.07) is 15.1. The van der Waals surface area contributed by atoms with Gasteiger partial charge in [0.2, 0.25) is 5.43 Å². The first-order valence-corrected chi connectivity index (χ1v) is 6.74. The molecule has 2 nitrogen and oxygen atoms in total. The van der Waals surface area contributed by atoms with E-state index in [0.29, 0.717) is 22.3 Å². The van der Waals surface area contributed by atoms with E-state index >= 15 is 0 Å². The second-order valence-electron chi connectivity index (χ2n) is 4.37. The van der Waals surface area contributed by atoms with Gasteiger partial charge < -0.3 is 4.42 Å². The quantitative estimate of drug-likeness (QED) is 0.660. The minimum Gasteiger partial charge on any atom is -0.460 e. The molecule has 1 heterocycles. The van der Waals surface area contributed by atoms with Gasteiger partial charge in [-0.1, -0.05) is 46.3 Å². The van der Waals surface area contributed by atoms with Gasteiger partial charge in [-0.05, 0) is 30.7 Å². The average Bonchev–Trinajstić information content (AvgIpc) is 2.41. The second kappa shape index (κ2) is 4.67. The van der Waals surface area contributed by atoms with Crippen LogP contribution < -0.4 is 5.43 Å². The predicted octanol–water partition coefficient (Wildman–Crippen LogP) is 4.53. The molecule has 0 saturated carbocycles. The maximum atomic E-state index is 12.6. The van der Waals surface area contributed by atoms with E-state index in [9.17, 15) is 4.79 Å². The largest absolute Gasteiger partial charge is 0.460 e. The van der Waals surface area contributed by atoms with Crippen LogP contribution in [0.5, 0.6) is 0 Å². The maximum Gasteiger partial charge on any atom is 0.200 e. The van der Waals surface area contributed by atoms with Crippen molar-refractivity contribution in [3.05, 3.63) is 69.0 Å². The highest BCUT2D eigenvalue weighted by molar-refractivity contribution is 9.10. The fourth-order valence-corrected chi connectivity index (χ4v) is 2.58. The normalized spacial score (nSPS) is 10.8. The number of hydrogen-bond acceptors (Lipinski definition) is 2. The minimum absolute atomic E-state index is 0.00579. The van der Waals surface area contributed by atoms with E-state index in [4.69, 9.17) is 4.42 Å². The lowest BCUT2D eigenvalue weighted by molar-refractivity contribution is 0.567. The molecule has 0 aliphatic heterocycles. The number of aryl methyl sites for hydroxylation is 1. The van der Waals surface area contributed by atoms with Gasteiger partial charge in [0.05, 0.1) is 10.9 Å². The van der Waals surface area contributed by atoms with Crippen LogP contribution in [0.1, 0.15) is 5.76 Å². The molecule has 0 spiro atoms. The van der Waals surface area contributed by atoms with Crippen molar-refractivity contribution in [2.24, 2.45) is 0 Å². The molecule has 0 amide bonds. The Balaban J connectivity index is 2.41. The van der Waals surface area contributed by atoms with E-state index in [0.717, 1.165) is 10.0 Å². The summed E-state index contributed by atoms with van der Waals surface area (Å²) in [5.41, 5.74) is 2.14. The third-order valence-corrected chi connectivity index (χ3v) is 3.58.